The zero-order valence-electron chi connectivity index (χ0n) is 59.9. The van der Waals surface area contributed by atoms with Gasteiger partial charge in [-0.1, -0.05) is 284 Å². The normalized spacial score (nSPS) is 13.0. The summed E-state index contributed by atoms with van der Waals surface area (Å²) in [6.45, 7) is 13.7. The van der Waals surface area contributed by atoms with Crippen molar-refractivity contribution in [1.82, 2.24) is 13.7 Å². The molecule has 6 heterocycles. The van der Waals surface area contributed by atoms with Gasteiger partial charge in [0.2, 0.25) is 0 Å². The molecule has 8 heteroatoms. The number of aromatic nitrogens is 3. The maximum absolute atomic E-state index is 7.91. The SMILES string of the molecule is CC(C)(C)c1ccc2c(c1)c1cc(C(C)(C)C)ccc1n2-c1cc2c3c(c1)N(c1ccccc1-c1ccccc1)c1cc(-n4c5ccccc5c5cc([Si](c6ccccc6)(c6ccccc6)c6ccccc6)ccc54)c4c(sc5ccccc54)c1B3c1ccc(-n3c4ccccc4c4ccccc43)cc1O2. The van der Waals surface area contributed by atoms with Gasteiger partial charge in [0, 0.05) is 87.2 Å². The standard InChI is InChI=1S/C98H73BN4OSSi/c1-97(2,3)63-47-52-84-76(55-63)77-56-64(98(4,5)6)48-53-85(77)101(84)66-57-88-94-91(59-66)104-90-58-65(100-81-43-25-20-38-72(81)73-39-21-26-44-82(73)100)49-51-79(90)99(94)95-89(103(88)80-42-24-19-37-71(80)62-29-11-7-12-30-62)61-87(93-75-41-23-28-46-92(75)105-96(93)95)102-83-45-27-22-40-74(83)78-60-70(50-54-86(78)102)106(67-31-13-8-14-32-67,68-33-15-9-16-34-68)69-35-17-10-18-36-69/h7-61H,1-6H3. The first-order valence-corrected chi connectivity index (χ1v) is 39.9. The van der Waals surface area contributed by atoms with Gasteiger partial charge >= 0.3 is 0 Å². The highest BCUT2D eigenvalue weighted by Crippen LogP contribution is 2.52. The Kier molecular flexibility index (Phi) is 13.8. The summed E-state index contributed by atoms with van der Waals surface area (Å²) in [4.78, 5) is 2.64. The van der Waals surface area contributed by atoms with E-state index in [2.05, 4.69) is 394 Å². The minimum absolute atomic E-state index is 0.0734. The Morgan fingerprint density at radius 3 is 1.39 bits per heavy atom. The molecule has 4 aromatic heterocycles. The van der Waals surface area contributed by atoms with E-state index < -0.39 is 8.07 Å². The van der Waals surface area contributed by atoms with Crippen LogP contribution in [0.3, 0.4) is 0 Å². The van der Waals surface area contributed by atoms with E-state index in [0.717, 1.165) is 101 Å². The van der Waals surface area contributed by atoms with Crippen molar-refractivity contribution in [1.29, 1.82) is 0 Å². The van der Waals surface area contributed by atoms with Crippen LogP contribution in [0.1, 0.15) is 52.7 Å². The molecule has 21 rings (SSSR count). The highest BCUT2D eigenvalue weighted by Gasteiger charge is 2.46. The highest BCUT2D eigenvalue weighted by atomic mass is 32.1. The second-order valence-electron chi connectivity index (χ2n) is 31.1. The van der Waals surface area contributed by atoms with Crippen LogP contribution in [0, 0.1) is 0 Å². The molecule has 0 N–H and O–H groups in total. The fourth-order valence-electron chi connectivity index (χ4n) is 18.3. The van der Waals surface area contributed by atoms with Crippen molar-refractivity contribution in [2.45, 2.75) is 52.4 Å². The molecule has 106 heavy (non-hydrogen) atoms. The molecule has 0 aliphatic carbocycles. The van der Waals surface area contributed by atoms with Crippen LogP contribution in [0.15, 0.2) is 334 Å². The van der Waals surface area contributed by atoms with Gasteiger partial charge in [-0.15, -0.1) is 11.3 Å². The molecular formula is C98H73BN4OSSi. The number of hydrogen-bond donors (Lipinski definition) is 0. The lowest BCUT2D eigenvalue weighted by Crippen LogP contribution is -2.74. The number of thiophene rings is 1. The summed E-state index contributed by atoms with van der Waals surface area (Å²) in [7, 11) is -2.96. The number of rotatable bonds is 9. The summed E-state index contributed by atoms with van der Waals surface area (Å²) in [6, 6.07) is 126. The molecule has 0 saturated carbocycles. The monoisotopic (exact) mass is 1390 g/mol. The van der Waals surface area contributed by atoms with Crippen molar-refractivity contribution in [2.75, 3.05) is 4.90 Å². The van der Waals surface area contributed by atoms with Crippen molar-refractivity contribution in [3.05, 3.63) is 345 Å². The topological polar surface area (TPSA) is 27.3 Å². The number of hydrogen-bond acceptors (Lipinski definition) is 3. The van der Waals surface area contributed by atoms with Crippen LogP contribution in [0.25, 0.3) is 114 Å². The van der Waals surface area contributed by atoms with Crippen molar-refractivity contribution in [3.8, 4) is 39.7 Å². The third-order valence-electron chi connectivity index (χ3n) is 23.1. The van der Waals surface area contributed by atoms with E-state index in [1.807, 2.05) is 11.3 Å². The van der Waals surface area contributed by atoms with E-state index in [9.17, 15) is 0 Å². The van der Waals surface area contributed by atoms with Crippen LogP contribution in [0.4, 0.5) is 17.1 Å². The highest BCUT2D eigenvalue weighted by molar-refractivity contribution is 7.28. The molecular weight excluding hydrogens is 1320 g/mol. The minimum atomic E-state index is -2.96. The smallest absolute Gasteiger partial charge is 0.258 e. The first-order valence-electron chi connectivity index (χ1n) is 37.1. The van der Waals surface area contributed by atoms with Gasteiger partial charge in [0.1, 0.15) is 11.5 Å². The molecule has 0 spiro atoms. The molecule has 504 valence electrons. The lowest BCUT2D eigenvalue weighted by Gasteiger charge is -2.41. The van der Waals surface area contributed by atoms with Crippen molar-refractivity contribution < 1.29 is 4.74 Å². The Labute approximate surface area is 621 Å². The van der Waals surface area contributed by atoms with Gasteiger partial charge in [-0.2, -0.15) is 0 Å². The van der Waals surface area contributed by atoms with Crippen LogP contribution < -0.4 is 46.8 Å². The number of fused-ring (bicyclic) bond motifs is 17. The summed E-state index contributed by atoms with van der Waals surface area (Å²) in [5.74, 6) is 1.68. The third kappa shape index (κ3) is 9.20. The average molecular weight is 1390 g/mol. The van der Waals surface area contributed by atoms with E-state index >= 15 is 0 Å². The van der Waals surface area contributed by atoms with Gasteiger partial charge in [-0.25, -0.2) is 0 Å². The van der Waals surface area contributed by atoms with E-state index in [0.29, 0.717) is 0 Å². The number of anilines is 3. The maximum Gasteiger partial charge on any atom is 0.258 e. The van der Waals surface area contributed by atoms with Gasteiger partial charge < -0.3 is 23.3 Å². The van der Waals surface area contributed by atoms with Crippen molar-refractivity contribution >= 4 is 166 Å². The molecule has 15 aromatic carbocycles. The summed E-state index contributed by atoms with van der Waals surface area (Å²) >= 11 is 1.92. The van der Waals surface area contributed by atoms with Gasteiger partial charge in [-0.05, 0) is 144 Å². The molecule has 0 atom stereocenters. The predicted molar refractivity (Wildman–Crippen MR) is 455 cm³/mol. The molecule has 0 amide bonds. The van der Waals surface area contributed by atoms with Gasteiger partial charge in [0.25, 0.3) is 6.71 Å². The van der Waals surface area contributed by atoms with Crippen LogP contribution in [0.2, 0.25) is 0 Å². The fourth-order valence-corrected chi connectivity index (χ4v) is 24.3. The summed E-state index contributed by atoms with van der Waals surface area (Å²) in [5.41, 5.74) is 21.6. The zero-order chi connectivity index (χ0) is 70.9. The molecule has 0 unspecified atom stereocenters. The predicted octanol–water partition coefficient (Wildman–Crippen LogP) is 21.4. The largest absolute Gasteiger partial charge is 0.458 e. The molecule has 19 aromatic rings. The second-order valence-corrected chi connectivity index (χ2v) is 35.9. The molecule has 0 fully saturated rings. The maximum atomic E-state index is 7.91. The van der Waals surface area contributed by atoms with Crippen LogP contribution in [-0.4, -0.2) is 28.5 Å². The Hall–Kier alpha value is -12.2. The van der Waals surface area contributed by atoms with E-state index in [1.165, 1.54) is 89.8 Å². The van der Waals surface area contributed by atoms with Gasteiger partial charge in [0.15, 0.2) is 8.07 Å². The Balaban J connectivity index is 0.896. The van der Waals surface area contributed by atoms with E-state index in [4.69, 9.17) is 4.74 Å². The van der Waals surface area contributed by atoms with Crippen LogP contribution >= 0.6 is 11.3 Å². The molecule has 2 aliphatic rings. The Morgan fingerprint density at radius 1 is 0.321 bits per heavy atom. The van der Waals surface area contributed by atoms with Crippen LogP contribution in [0.5, 0.6) is 11.5 Å². The number of para-hydroxylation sites is 4. The van der Waals surface area contributed by atoms with Gasteiger partial charge in [-0.3, -0.25) is 0 Å². The lowest BCUT2D eigenvalue weighted by atomic mass is 9.34. The van der Waals surface area contributed by atoms with Gasteiger partial charge in [0.05, 0.1) is 50.2 Å². The Morgan fingerprint density at radius 2 is 0.783 bits per heavy atom. The quantitative estimate of drug-likeness (QED) is 0.106. The first kappa shape index (κ1) is 62.4. The first-order chi connectivity index (χ1) is 51.9. The van der Waals surface area contributed by atoms with Crippen molar-refractivity contribution in [3.63, 3.8) is 0 Å². The number of nitrogens with zero attached hydrogens (tertiary/aromatic N) is 4. The fraction of sp³-hybridized carbons (Fsp3) is 0.0816. The Bertz CT molecular complexity index is 6610. The molecule has 0 saturated heterocycles. The minimum Gasteiger partial charge on any atom is -0.458 e. The molecule has 5 nitrogen and oxygen atoms in total. The van der Waals surface area contributed by atoms with E-state index in [1.54, 1.807) is 0 Å². The average Bonchev–Trinajstić information content (AvgIpc) is 1.25. The lowest BCUT2D eigenvalue weighted by molar-refractivity contribution is 0.487. The molecule has 2 aliphatic heterocycles. The summed E-state index contributed by atoms with van der Waals surface area (Å²) in [6.07, 6.45) is 0. The number of benzene rings is 15. The van der Waals surface area contributed by atoms with Crippen LogP contribution in [-0.2, 0) is 10.8 Å². The summed E-state index contributed by atoms with van der Waals surface area (Å²) < 4.78 is 18.0. The number of ether oxygens (including phenoxy) is 1. The molecule has 0 bridgehead atoms. The van der Waals surface area contributed by atoms with E-state index in [-0.39, 0.29) is 17.5 Å². The second kappa shape index (κ2) is 23.4. The third-order valence-corrected chi connectivity index (χ3v) is 29.1. The summed E-state index contributed by atoms with van der Waals surface area (Å²) in [5, 5.41) is 15.2. The zero-order valence-corrected chi connectivity index (χ0v) is 61.8. The molecule has 0 radical (unpaired) electrons. The van der Waals surface area contributed by atoms with Crippen molar-refractivity contribution in [2.24, 2.45) is 0 Å².